The normalized spacial score (nSPS) is 15.5. The molecule has 12 heteroatoms. The number of carbonyl (C=O) groups is 2. The lowest BCUT2D eigenvalue weighted by atomic mass is 10.1. The van der Waals surface area contributed by atoms with Crippen molar-refractivity contribution in [3.63, 3.8) is 0 Å². The van der Waals surface area contributed by atoms with Gasteiger partial charge in [0, 0.05) is 12.8 Å². The number of phosphoric acid groups is 1. The minimum Gasteiger partial charge on any atom is -0.462 e. The lowest BCUT2D eigenvalue weighted by molar-refractivity contribution is -0.161. The number of carbonyl (C=O) groups excluding carboxylic acids is 2. The molecule has 58 heavy (non-hydrogen) atoms. The van der Waals surface area contributed by atoms with Gasteiger partial charge >= 0.3 is 19.8 Å². The molecule has 0 saturated heterocycles. The van der Waals surface area contributed by atoms with E-state index in [2.05, 4.69) is 103 Å². The predicted molar refractivity (Wildman–Crippen MR) is 234 cm³/mol. The molecule has 4 N–H and O–H groups in total. The molecule has 11 nitrogen and oxygen atoms in total. The maximum absolute atomic E-state index is 12.6. The summed E-state index contributed by atoms with van der Waals surface area (Å²) in [5.74, 6) is -1.17. The van der Waals surface area contributed by atoms with Crippen molar-refractivity contribution in [1.82, 2.24) is 0 Å². The summed E-state index contributed by atoms with van der Waals surface area (Å²) < 4.78 is 32.5. The molecule has 0 bridgehead atoms. The number of unbranched alkanes of at least 4 members (excludes halogenated alkanes) is 4. The molecule has 0 fully saturated rings. The molecule has 0 aliphatic rings. The number of hydrogen-bond donors (Lipinski definition) is 4. The Morgan fingerprint density at radius 2 is 1.09 bits per heavy atom. The van der Waals surface area contributed by atoms with Crippen LogP contribution in [0.5, 0.6) is 0 Å². The Kier molecular flexibility index (Phi) is 38.0. The highest BCUT2D eigenvalue weighted by molar-refractivity contribution is 7.47. The van der Waals surface area contributed by atoms with Gasteiger partial charge in [0.2, 0.25) is 0 Å². The second-order valence-corrected chi connectivity index (χ2v) is 14.9. The number of esters is 2. The maximum atomic E-state index is 12.6. The lowest BCUT2D eigenvalue weighted by Crippen LogP contribution is -2.30. The molecular formula is C46H73O11P. The van der Waals surface area contributed by atoms with Crippen LogP contribution in [0.25, 0.3) is 0 Å². The SMILES string of the molecule is CC/C=C\C/C=C\C/C=C\C/C=C\C=C\C(O)CCCC(=O)OC[C@H](COP(=O)(O)OC[C@@H](O)CO)OC(=O)CCCCCC/C=C\C/C=C\C/C=C\C/C=C\CC. The van der Waals surface area contributed by atoms with Crippen LogP contribution in [-0.4, -0.2) is 76.9 Å². The van der Waals surface area contributed by atoms with Gasteiger partial charge in [0.05, 0.1) is 25.9 Å². The second kappa shape index (κ2) is 40.4. The van der Waals surface area contributed by atoms with Crippen LogP contribution in [0.3, 0.4) is 0 Å². The van der Waals surface area contributed by atoms with Crippen LogP contribution in [0.4, 0.5) is 0 Å². The fourth-order valence-electron chi connectivity index (χ4n) is 4.83. The minimum atomic E-state index is -4.68. The largest absolute Gasteiger partial charge is 0.472 e. The third-order valence-electron chi connectivity index (χ3n) is 8.03. The molecule has 2 unspecified atom stereocenters. The maximum Gasteiger partial charge on any atom is 0.472 e. The lowest BCUT2D eigenvalue weighted by Gasteiger charge is -2.20. The highest BCUT2D eigenvalue weighted by atomic mass is 31.2. The van der Waals surface area contributed by atoms with Gasteiger partial charge in [-0.15, -0.1) is 0 Å². The van der Waals surface area contributed by atoms with Crippen molar-refractivity contribution >= 4 is 19.8 Å². The summed E-state index contributed by atoms with van der Waals surface area (Å²) in [6, 6.07) is 0. The molecule has 0 spiro atoms. The van der Waals surface area contributed by atoms with Crippen LogP contribution >= 0.6 is 7.82 Å². The fraction of sp³-hybridized carbons (Fsp3) is 0.565. The standard InChI is InChI=1S/C46H73O11P/c1-3-5-7-9-11-13-15-17-18-19-20-22-24-26-28-30-32-36-46(51)57-44(41-56-58(52,53)55-39-43(49)38-47)40-54-45(50)37-33-35-42(48)34-31-29-27-25-23-21-16-14-12-10-8-6-4-2/h5-8,11-14,17-18,20-23,27,29,31,34,42-44,47-49H,3-4,9-10,15-16,19,24-26,28,30,32-33,35-41H2,1-2H3,(H,52,53)/b7-5-,8-6-,13-11-,14-12-,18-17-,22-20-,23-21-,29-27-,34-31+/t42?,43-,44+/m0/s1. The van der Waals surface area contributed by atoms with Crippen LogP contribution < -0.4 is 0 Å². The van der Waals surface area contributed by atoms with Crippen molar-refractivity contribution in [2.45, 2.75) is 141 Å². The molecule has 0 amide bonds. The molecule has 0 radical (unpaired) electrons. The summed E-state index contributed by atoms with van der Waals surface area (Å²) in [6.45, 7) is 1.86. The number of ether oxygens (including phenoxy) is 2. The molecule has 0 aromatic carbocycles. The first kappa shape index (κ1) is 54.6. The molecule has 4 atom stereocenters. The molecule has 0 aliphatic heterocycles. The monoisotopic (exact) mass is 832 g/mol. The van der Waals surface area contributed by atoms with Gasteiger partial charge in [-0.1, -0.05) is 136 Å². The molecule has 328 valence electrons. The Balaban J connectivity index is 4.58. The van der Waals surface area contributed by atoms with E-state index in [1.54, 1.807) is 12.2 Å². The quantitative estimate of drug-likeness (QED) is 0.0155. The summed E-state index contributed by atoms with van der Waals surface area (Å²) >= 11 is 0. The number of hydrogen-bond acceptors (Lipinski definition) is 10. The molecule has 0 heterocycles. The number of allylic oxidation sites excluding steroid dienone is 17. The van der Waals surface area contributed by atoms with Gasteiger partial charge in [-0.05, 0) is 83.5 Å². The summed E-state index contributed by atoms with van der Waals surface area (Å²) in [7, 11) is -4.68. The van der Waals surface area contributed by atoms with E-state index in [0.29, 0.717) is 19.3 Å². The molecule has 0 aliphatic carbocycles. The Hall–Kier alpha value is -3.41. The second-order valence-electron chi connectivity index (χ2n) is 13.4. The number of rotatable bonds is 37. The van der Waals surface area contributed by atoms with E-state index in [-0.39, 0.29) is 12.8 Å². The van der Waals surface area contributed by atoms with Gasteiger partial charge in [-0.25, -0.2) is 4.57 Å². The van der Waals surface area contributed by atoms with Gasteiger partial charge in [0.25, 0.3) is 0 Å². The smallest absolute Gasteiger partial charge is 0.462 e. The molecule has 0 rings (SSSR count). The Labute approximate surface area is 348 Å². The topological polar surface area (TPSA) is 169 Å². The van der Waals surface area contributed by atoms with Crippen molar-refractivity contribution < 1.29 is 52.9 Å². The average Bonchev–Trinajstić information content (AvgIpc) is 3.20. The molecular weight excluding hydrogens is 759 g/mol. The van der Waals surface area contributed by atoms with E-state index in [4.69, 9.17) is 19.1 Å². The van der Waals surface area contributed by atoms with E-state index in [9.17, 15) is 29.3 Å². The average molecular weight is 833 g/mol. The van der Waals surface area contributed by atoms with E-state index in [1.165, 1.54) is 0 Å². The molecule has 0 aromatic heterocycles. The first-order chi connectivity index (χ1) is 28.1. The van der Waals surface area contributed by atoms with Gasteiger partial charge in [0.15, 0.2) is 6.10 Å². The van der Waals surface area contributed by atoms with Gasteiger partial charge in [-0.3, -0.25) is 18.6 Å². The van der Waals surface area contributed by atoms with Crippen LogP contribution in [0.1, 0.15) is 123 Å². The van der Waals surface area contributed by atoms with Crippen molar-refractivity contribution in [2.75, 3.05) is 26.4 Å². The summed E-state index contributed by atoms with van der Waals surface area (Å²) in [4.78, 5) is 35.0. The van der Waals surface area contributed by atoms with Crippen LogP contribution in [0.15, 0.2) is 109 Å². The van der Waals surface area contributed by atoms with Crippen molar-refractivity contribution in [1.29, 1.82) is 0 Å². The minimum absolute atomic E-state index is 0.00202. The summed E-state index contributed by atoms with van der Waals surface area (Å²) in [5.41, 5.74) is 0. The van der Waals surface area contributed by atoms with Crippen LogP contribution in [0.2, 0.25) is 0 Å². The Morgan fingerprint density at radius 3 is 1.66 bits per heavy atom. The summed E-state index contributed by atoms with van der Waals surface area (Å²) in [6.07, 6.45) is 46.6. The van der Waals surface area contributed by atoms with Gasteiger partial charge in [0.1, 0.15) is 12.7 Å². The van der Waals surface area contributed by atoms with Crippen LogP contribution in [-0.2, 0) is 32.7 Å². The first-order valence-corrected chi connectivity index (χ1v) is 22.4. The van der Waals surface area contributed by atoms with E-state index < -0.39 is 64.5 Å². The zero-order valence-corrected chi connectivity index (χ0v) is 36.0. The van der Waals surface area contributed by atoms with E-state index in [1.807, 2.05) is 12.2 Å². The number of aliphatic hydroxyl groups is 3. The number of aliphatic hydroxyl groups excluding tert-OH is 3. The Bertz CT molecular complexity index is 1340. The molecule has 0 aromatic rings. The van der Waals surface area contributed by atoms with E-state index >= 15 is 0 Å². The highest BCUT2D eigenvalue weighted by Gasteiger charge is 2.27. The Morgan fingerprint density at radius 1 is 0.586 bits per heavy atom. The zero-order valence-electron chi connectivity index (χ0n) is 35.1. The third-order valence-corrected chi connectivity index (χ3v) is 8.98. The van der Waals surface area contributed by atoms with Gasteiger partial charge in [-0.2, -0.15) is 0 Å². The fourth-order valence-corrected chi connectivity index (χ4v) is 5.62. The zero-order chi connectivity index (χ0) is 42.8. The third kappa shape index (κ3) is 39.4. The number of phosphoric ester groups is 1. The first-order valence-electron chi connectivity index (χ1n) is 21.0. The summed E-state index contributed by atoms with van der Waals surface area (Å²) in [5, 5.41) is 28.6. The van der Waals surface area contributed by atoms with Crippen molar-refractivity contribution in [3.8, 4) is 0 Å². The van der Waals surface area contributed by atoms with Crippen molar-refractivity contribution in [2.24, 2.45) is 0 Å². The van der Waals surface area contributed by atoms with Crippen LogP contribution in [0, 0.1) is 0 Å². The van der Waals surface area contributed by atoms with Gasteiger partial charge < -0.3 is 29.7 Å². The highest BCUT2D eigenvalue weighted by Crippen LogP contribution is 2.43. The predicted octanol–water partition coefficient (Wildman–Crippen LogP) is 9.97. The van der Waals surface area contributed by atoms with E-state index in [0.717, 1.165) is 77.0 Å². The van der Waals surface area contributed by atoms with Crippen molar-refractivity contribution in [3.05, 3.63) is 109 Å². The molecule has 0 saturated carbocycles.